The molecule has 1 aliphatic carbocycles. The summed E-state index contributed by atoms with van der Waals surface area (Å²) in [6, 6.07) is 8.78. The van der Waals surface area contributed by atoms with E-state index in [-0.39, 0.29) is 17.2 Å². The van der Waals surface area contributed by atoms with E-state index in [1.54, 1.807) is 24.3 Å². The number of hydrogen-bond donors (Lipinski definition) is 2. The quantitative estimate of drug-likeness (QED) is 0.798. The Kier molecular flexibility index (Phi) is 4.28. The van der Waals surface area contributed by atoms with E-state index in [2.05, 4.69) is 5.32 Å². The minimum Gasteiger partial charge on any atom is -0.465 e. The van der Waals surface area contributed by atoms with Crippen molar-refractivity contribution in [3.05, 3.63) is 35.9 Å². The van der Waals surface area contributed by atoms with E-state index in [9.17, 15) is 9.90 Å². The smallest absolute Gasteiger partial charge is 0.264 e. The lowest BCUT2D eigenvalue weighted by molar-refractivity contribution is 0.0511. The molecule has 18 heavy (non-hydrogen) atoms. The van der Waals surface area contributed by atoms with Crippen molar-refractivity contribution >= 4 is 23.3 Å². The molecule has 96 valence electrons. The Morgan fingerprint density at radius 3 is 2.67 bits per heavy atom. The molecule has 0 unspecified atom stereocenters. The summed E-state index contributed by atoms with van der Waals surface area (Å²) < 4.78 is 5.37. The van der Waals surface area contributed by atoms with Crippen molar-refractivity contribution in [2.45, 2.75) is 31.5 Å². The zero-order chi connectivity index (χ0) is 13.0. The van der Waals surface area contributed by atoms with Crippen LogP contribution in [-0.4, -0.2) is 28.4 Å². The first-order valence-electron chi connectivity index (χ1n) is 5.92. The second kappa shape index (κ2) is 5.93. The van der Waals surface area contributed by atoms with Gasteiger partial charge in [0.05, 0.1) is 6.10 Å². The largest absolute Gasteiger partial charge is 0.465 e. The standard InChI is InChI=1S/C13H15NO3S/c15-10-7-4-8-11(10)17-13(18)14-12(16)9-5-2-1-3-6-9/h1-3,5-6,10-11,15H,4,7-8H2,(H,14,16,18)/t10-,11-/m1/s1. The summed E-state index contributed by atoms with van der Waals surface area (Å²) in [6.45, 7) is 0. The lowest BCUT2D eigenvalue weighted by Crippen LogP contribution is -2.36. The molecule has 4 nitrogen and oxygen atoms in total. The molecule has 0 aromatic heterocycles. The SMILES string of the molecule is O=C(NC(=S)O[C@@H]1CCC[C@H]1O)c1ccccc1. The van der Waals surface area contributed by atoms with Gasteiger partial charge in [-0.3, -0.25) is 10.1 Å². The van der Waals surface area contributed by atoms with Crippen molar-refractivity contribution < 1.29 is 14.6 Å². The molecule has 2 rings (SSSR count). The summed E-state index contributed by atoms with van der Waals surface area (Å²) in [5, 5.41) is 12.1. The summed E-state index contributed by atoms with van der Waals surface area (Å²) in [5.41, 5.74) is 0.524. The Hall–Kier alpha value is -1.46. The number of amides is 1. The third-order valence-corrected chi connectivity index (χ3v) is 3.13. The number of carbonyl (C=O) groups is 1. The number of carbonyl (C=O) groups excluding carboxylic acids is 1. The highest BCUT2D eigenvalue weighted by Crippen LogP contribution is 2.21. The molecule has 5 heteroatoms. The molecule has 1 amide bonds. The van der Waals surface area contributed by atoms with Gasteiger partial charge in [-0.05, 0) is 43.6 Å². The van der Waals surface area contributed by atoms with Crippen LogP contribution in [0.1, 0.15) is 29.6 Å². The molecule has 1 aliphatic rings. The van der Waals surface area contributed by atoms with Crippen LogP contribution in [0, 0.1) is 0 Å². The van der Waals surface area contributed by atoms with Gasteiger partial charge in [-0.2, -0.15) is 0 Å². The molecule has 2 atom stereocenters. The Labute approximate surface area is 111 Å². The van der Waals surface area contributed by atoms with E-state index >= 15 is 0 Å². The number of aliphatic hydroxyl groups excluding tert-OH is 1. The van der Waals surface area contributed by atoms with Crippen LogP contribution < -0.4 is 5.32 Å². The van der Waals surface area contributed by atoms with Crippen LogP contribution in [0.25, 0.3) is 0 Å². The molecular weight excluding hydrogens is 250 g/mol. The van der Waals surface area contributed by atoms with Crippen LogP contribution in [0.4, 0.5) is 0 Å². The van der Waals surface area contributed by atoms with Gasteiger partial charge in [0.25, 0.3) is 11.1 Å². The number of hydrogen-bond acceptors (Lipinski definition) is 4. The molecule has 0 radical (unpaired) electrons. The van der Waals surface area contributed by atoms with Crippen LogP contribution >= 0.6 is 12.2 Å². The van der Waals surface area contributed by atoms with Crippen LogP contribution in [0.5, 0.6) is 0 Å². The van der Waals surface area contributed by atoms with Gasteiger partial charge in [0.15, 0.2) is 0 Å². The Bertz CT molecular complexity index is 435. The monoisotopic (exact) mass is 265 g/mol. The highest BCUT2D eigenvalue weighted by molar-refractivity contribution is 7.80. The van der Waals surface area contributed by atoms with Crippen molar-refractivity contribution in [1.29, 1.82) is 0 Å². The van der Waals surface area contributed by atoms with Gasteiger partial charge in [-0.25, -0.2) is 0 Å². The highest BCUT2D eigenvalue weighted by atomic mass is 32.1. The van der Waals surface area contributed by atoms with E-state index in [0.717, 1.165) is 19.3 Å². The average Bonchev–Trinajstić information content (AvgIpc) is 2.76. The van der Waals surface area contributed by atoms with Gasteiger partial charge in [-0.1, -0.05) is 18.2 Å². The minimum atomic E-state index is -0.489. The fourth-order valence-electron chi connectivity index (χ4n) is 1.97. The molecular formula is C13H15NO3S. The van der Waals surface area contributed by atoms with Crippen LogP contribution in [0.15, 0.2) is 30.3 Å². The Morgan fingerprint density at radius 1 is 1.33 bits per heavy atom. The lowest BCUT2D eigenvalue weighted by atomic mass is 10.2. The zero-order valence-electron chi connectivity index (χ0n) is 9.83. The third kappa shape index (κ3) is 3.27. The first-order chi connectivity index (χ1) is 8.66. The fraction of sp³-hybridized carbons (Fsp3) is 0.385. The van der Waals surface area contributed by atoms with Gasteiger partial charge in [0.2, 0.25) is 0 Å². The predicted molar refractivity (Wildman–Crippen MR) is 71.2 cm³/mol. The first kappa shape index (κ1) is 13.0. The molecule has 0 saturated heterocycles. The van der Waals surface area contributed by atoms with Crippen molar-refractivity contribution in [3.63, 3.8) is 0 Å². The fourth-order valence-corrected chi connectivity index (χ4v) is 2.18. The van der Waals surface area contributed by atoms with Crippen LogP contribution in [-0.2, 0) is 4.74 Å². The van der Waals surface area contributed by atoms with Crippen molar-refractivity contribution in [1.82, 2.24) is 5.32 Å². The van der Waals surface area contributed by atoms with Crippen molar-refractivity contribution in [3.8, 4) is 0 Å². The van der Waals surface area contributed by atoms with Crippen LogP contribution in [0.3, 0.4) is 0 Å². The summed E-state index contributed by atoms with van der Waals surface area (Å²) in [7, 11) is 0. The maximum Gasteiger partial charge on any atom is 0.264 e. The summed E-state index contributed by atoms with van der Waals surface area (Å²) in [5.74, 6) is -0.298. The van der Waals surface area contributed by atoms with E-state index in [1.165, 1.54) is 0 Å². The zero-order valence-corrected chi connectivity index (χ0v) is 10.7. The molecule has 0 spiro atoms. The minimum absolute atomic E-state index is 0.0230. The average molecular weight is 265 g/mol. The normalized spacial score (nSPS) is 22.5. The van der Waals surface area contributed by atoms with Gasteiger partial charge in [-0.15, -0.1) is 0 Å². The lowest BCUT2D eigenvalue weighted by Gasteiger charge is -2.17. The summed E-state index contributed by atoms with van der Waals surface area (Å²) >= 11 is 4.95. The number of nitrogens with one attached hydrogen (secondary N) is 1. The molecule has 1 fully saturated rings. The number of thiocarbonyl (C=S) groups is 1. The maximum atomic E-state index is 11.8. The van der Waals surface area contributed by atoms with Gasteiger partial charge < -0.3 is 9.84 Å². The summed E-state index contributed by atoms with van der Waals surface area (Å²) in [4.78, 5) is 11.8. The second-order valence-electron chi connectivity index (χ2n) is 4.26. The Balaban J connectivity index is 1.86. The second-order valence-corrected chi connectivity index (χ2v) is 4.63. The van der Waals surface area contributed by atoms with E-state index in [4.69, 9.17) is 17.0 Å². The van der Waals surface area contributed by atoms with Crippen molar-refractivity contribution in [2.75, 3.05) is 0 Å². The van der Waals surface area contributed by atoms with Gasteiger partial charge >= 0.3 is 0 Å². The maximum absolute atomic E-state index is 11.8. The number of aliphatic hydroxyl groups is 1. The molecule has 0 heterocycles. The van der Waals surface area contributed by atoms with Crippen molar-refractivity contribution in [2.24, 2.45) is 0 Å². The Morgan fingerprint density at radius 2 is 2.06 bits per heavy atom. The molecule has 0 bridgehead atoms. The first-order valence-corrected chi connectivity index (χ1v) is 6.33. The molecule has 1 aromatic carbocycles. The van der Waals surface area contributed by atoms with Gasteiger partial charge in [0, 0.05) is 5.56 Å². The molecule has 2 N–H and O–H groups in total. The molecule has 0 aliphatic heterocycles. The van der Waals surface area contributed by atoms with E-state index in [1.807, 2.05) is 6.07 Å². The van der Waals surface area contributed by atoms with Crippen LogP contribution in [0.2, 0.25) is 0 Å². The topological polar surface area (TPSA) is 58.6 Å². The predicted octanol–water partition coefficient (Wildman–Crippen LogP) is 1.63. The summed E-state index contributed by atoms with van der Waals surface area (Å²) in [6.07, 6.45) is 1.62. The molecule has 1 saturated carbocycles. The van der Waals surface area contributed by atoms with Gasteiger partial charge in [0.1, 0.15) is 6.10 Å². The number of rotatable bonds is 2. The number of ether oxygens (including phenoxy) is 1. The van der Waals surface area contributed by atoms with E-state index in [0.29, 0.717) is 5.56 Å². The number of benzene rings is 1. The highest BCUT2D eigenvalue weighted by Gasteiger charge is 2.27. The van der Waals surface area contributed by atoms with E-state index < -0.39 is 6.10 Å². The third-order valence-electron chi connectivity index (χ3n) is 2.93. The molecule has 1 aromatic rings.